The summed E-state index contributed by atoms with van der Waals surface area (Å²) >= 11 is 0. The van der Waals surface area contributed by atoms with Gasteiger partial charge in [-0.1, -0.05) is 0 Å². The van der Waals surface area contributed by atoms with E-state index in [-0.39, 0.29) is 0 Å². The van der Waals surface area contributed by atoms with Gasteiger partial charge in [0.25, 0.3) is 5.56 Å². The topological polar surface area (TPSA) is 179 Å². The van der Waals surface area contributed by atoms with E-state index in [1.807, 2.05) is 4.98 Å². The van der Waals surface area contributed by atoms with Gasteiger partial charge in [-0.2, -0.15) is 0 Å². The minimum Gasteiger partial charge on any atom is -0.384 e. The summed E-state index contributed by atoms with van der Waals surface area (Å²) in [4.78, 5) is 11.3. The normalized spacial score (nSPS) is 12.6. The highest BCUT2D eigenvalue weighted by Crippen LogP contribution is 2.14. The van der Waals surface area contributed by atoms with Crippen LogP contribution < -0.4 is 21.6 Å². The van der Waals surface area contributed by atoms with Crippen molar-refractivity contribution in [1.29, 1.82) is 0 Å². The van der Waals surface area contributed by atoms with Crippen molar-refractivity contribution >= 4 is 25.9 Å². The van der Waals surface area contributed by atoms with Crippen LogP contribution in [-0.4, -0.2) is 21.8 Å². The van der Waals surface area contributed by atoms with Crippen LogP contribution in [0.1, 0.15) is 0 Å². The lowest BCUT2D eigenvalue weighted by Gasteiger charge is -2.04. The number of nitrogen functional groups attached to an aromatic ring is 1. The predicted molar refractivity (Wildman–Crippen MR) is 54.2 cm³/mol. The van der Waals surface area contributed by atoms with E-state index in [0.29, 0.717) is 6.07 Å². The molecule has 16 heavy (non-hydrogen) atoms. The smallest absolute Gasteiger partial charge is 0.269 e. The molecule has 1 rings (SSSR count). The first-order chi connectivity index (χ1) is 7.03. The predicted octanol–water partition coefficient (Wildman–Crippen LogP) is -2.75. The Hall–Kier alpha value is -1.43. The minimum atomic E-state index is -4.35. The number of aromatic nitrogens is 1. The Kier molecular flexibility index (Phi) is 2.81. The number of nitrogens with two attached hydrogens (primary N) is 3. The van der Waals surface area contributed by atoms with Gasteiger partial charge in [-0.05, 0) is 6.07 Å². The van der Waals surface area contributed by atoms with Gasteiger partial charge in [0, 0.05) is 0 Å². The zero-order valence-electron chi connectivity index (χ0n) is 7.67. The van der Waals surface area contributed by atoms with Gasteiger partial charge in [0.2, 0.25) is 20.0 Å². The lowest BCUT2D eigenvalue weighted by molar-refractivity contribution is 0.594. The van der Waals surface area contributed by atoms with Crippen LogP contribution in [0.25, 0.3) is 0 Å². The molecular weight excluding hydrogens is 260 g/mol. The van der Waals surface area contributed by atoms with Gasteiger partial charge in [0.15, 0.2) is 0 Å². The maximum Gasteiger partial charge on any atom is 0.269 e. The number of pyridine rings is 1. The number of aromatic amines is 1. The van der Waals surface area contributed by atoms with Crippen molar-refractivity contribution in [3.05, 3.63) is 16.4 Å². The molecule has 0 radical (unpaired) electrons. The fourth-order valence-electron chi connectivity index (χ4n) is 0.955. The SMILES string of the molecule is Nc1[nH]c(=O)c(S(N)(=O)=O)cc1S(N)(=O)=O. The summed E-state index contributed by atoms with van der Waals surface area (Å²) in [5.74, 6) is -0.556. The molecule has 0 spiro atoms. The number of H-pyrrole nitrogens is 1. The Morgan fingerprint density at radius 2 is 1.44 bits per heavy atom. The number of primary sulfonamides is 2. The van der Waals surface area contributed by atoms with E-state index < -0.39 is 41.2 Å². The summed E-state index contributed by atoms with van der Waals surface area (Å²) in [5.41, 5.74) is 4.05. The highest BCUT2D eigenvalue weighted by atomic mass is 32.2. The second kappa shape index (κ2) is 3.55. The third-order valence-electron chi connectivity index (χ3n) is 1.61. The minimum absolute atomic E-state index is 0.513. The summed E-state index contributed by atoms with van der Waals surface area (Å²) in [6.45, 7) is 0. The van der Waals surface area contributed by atoms with Gasteiger partial charge >= 0.3 is 0 Å². The fourth-order valence-corrected chi connectivity index (χ4v) is 2.26. The lowest BCUT2D eigenvalue weighted by Crippen LogP contribution is -2.26. The van der Waals surface area contributed by atoms with Crippen molar-refractivity contribution in [2.45, 2.75) is 9.79 Å². The molecule has 0 aliphatic heterocycles. The fraction of sp³-hybridized carbons (Fsp3) is 0. The average molecular weight is 268 g/mol. The van der Waals surface area contributed by atoms with Crippen LogP contribution >= 0.6 is 0 Å². The van der Waals surface area contributed by atoms with Gasteiger partial charge in [-0.3, -0.25) is 4.79 Å². The lowest BCUT2D eigenvalue weighted by atomic mass is 10.4. The van der Waals surface area contributed by atoms with Crippen molar-refractivity contribution in [3.63, 3.8) is 0 Å². The Bertz CT molecular complexity index is 686. The van der Waals surface area contributed by atoms with Crippen molar-refractivity contribution in [2.75, 3.05) is 5.73 Å². The first-order valence-electron chi connectivity index (χ1n) is 3.62. The van der Waals surface area contributed by atoms with E-state index >= 15 is 0 Å². The monoisotopic (exact) mass is 268 g/mol. The Morgan fingerprint density at radius 3 is 1.81 bits per heavy atom. The van der Waals surface area contributed by atoms with Crippen molar-refractivity contribution in [3.8, 4) is 0 Å². The molecule has 1 heterocycles. The number of anilines is 1. The second-order valence-electron chi connectivity index (χ2n) is 2.83. The molecule has 7 N–H and O–H groups in total. The van der Waals surface area contributed by atoms with E-state index in [1.165, 1.54) is 0 Å². The van der Waals surface area contributed by atoms with E-state index in [4.69, 9.17) is 16.0 Å². The first kappa shape index (κ1) is 12.6. The van der Waals surface area contributed by atoms with E-state index in [1.54, 1.807) is 0 Å². The van der Waals surface area contributed by atoms with Crippen LogP contribution in [0, 0.1) is 0 Å². The summed E-state index contributed by atoms with van der Waals surface area (Å²) < 4.78 is 43.8. The molecule has 0 saturated carbocycles. The van der Waals surface area contributed by atoms with E-state index in [0.717, 1.165) is 0 Å². The van der Waals surface area contributed by atoms with Gasteiger partial charge in [0.1, 0.15) is 15.6 Å². The van der Waals surface area contributed by atoms with E-state index in [2.05, 4.69) is 0 Å². The van der Waals surface area contributed by atoms with Crippen LogP contribution in [0.2, 0.25) is 0 Å². The molecule has 1 aromatic rings. The summed E-state index contributed by atoms with van der Waals surface area (Å²) in [5, 5.41) is 9.45. The molecule has 0 unspecified atom stereocenters. The van der Waals surface area contributed by atoms with Crippen LogP contribution in [0.5, 0.6) is 0 Å². The summed E-state index contributed by atoms with van der Waals surface area (Å²) in [6.07, 6.45) is 0. The molecule has 0 atom stereocenters. The average Bonchev–Trinajstić information content (AvgIpc) is 1.97. The maximum absolute atomic E-state index is 11.1. The number of hydrogen-bond donors (Lipinski definition) is 4. The summed E-state index contributed by atoms with van der Waals surface area (Å²) in [6, 6.07) is 0.513. The molecule has 11 heteroatoms. The highest BCUT2D eigenvalue weighted by Gasteiger charge is 2.21. The number of nitrogens with one attached hydrogen (secondary N) is 1. The molecule has 0 aliphatic rings. The molecule has 0 bridgehead atoms. The van der Waals surface area contributed by atoms with Crippen molar-refractivity contribution in [2.24, 2.45) is 10.3 Å². The Morgan fingerprint density at radius 1 is 1.00 bits per heavy atom. The third kappa shape index (κ3) is 2.38. The Labute approximate surface area is 90.4 Å². The molecule has 0 saturated heterocycles. The molecule has 0 aromatic carbocycles. The third-order valence-corrected chi connectivity index (χ3v) is 3.48. The number of rotatable bonds is 2. The van der Waals surface area contributed by atoms with Gasteiger partial charge in [-0.25, -0.2) is 27.1 Å². The van der Waals surface area contributed by atoms with Crippen molar-refractivity contribution in [1.82, 2.24) is 4.98 Å². The van der Waals surface area contributed by atoms with Gasteiger partial charge in [-0.15, -0.1) is 0 Å². The quantitative estimate of drug-likeness (QED) is 0.451. The molecular formula is C5H8N4O5S2. The highest BCUT2D eigenvalue weighted by molar-refractivity contribution is 7.90. The van der Waals surface area contributed by atoms with Crippen LogP contribution in [-0.2, 0) is 20.0 Å². The zero-order valence-corrected chi connectivity index (χ0v) is 9.30. The standard InChI is InChI=1S/C5H8N4O5S2/c6-4-2(15(7,11)12)1-3(5(10)9-4)16(8,13)14/h1H,(H3,6,9,10)(H2,7,11,12)(H2,8,13,14). The summed E-state index contributed by atoms with van der Waals surface area (Å²) in [7, 11) is -8.60. The van der Waals surface area contributed by atoms with Gasteiger partial charge < -0.3 is 10.7 Å². The molecule has 0 fully saturated rings. The van der Waals surface area contributed by atoms with Gasteiger partial charge in [0.05, 0.1) is 0 Å². The number of sulfonamides is 2. The largest absolute Gasteiger partial charge is 0.384 e. The molecule has 0 aliphatic carbocycles. The van der Waals surface area contributed by atoms with E-state index in [9.17, 15) is 21.6 Å². The maximum atomic E-state index is 11.1. The number of hydrogen-bond acceptors (Lipinski definition) is 6. The van der Waals surface area contributed by atoms with Crippen LogP contribution in [0.3, 0.4) is 0 Å². The zero-order chi connectivity index (χ0) is 12.7. The van der Waals surface area contributed by atoms with Crippen LogP contribution in [0.4, 0.5) is 5.82 Å². The molecule has 1 aromatic heterocycles. The van der Waals surface area contributed by atoms with Crippen LogP contribution in [0.15, 0.2) is 20.7 Å². The van der Waals surface area contributed by atoms with Crippen molar-refractivity contribution < 1.29 is 16.8 Å². The molecule has 9 nitrogen and oxygen atoms in total. The first-order valence-corrected chi connectivity index (χ1v) is 6.71. The molecule has 90 valence electrons. The Balaban J connectivity index is 3.79. The second-order valence-corrected chi connectivity index (χ2v) is 5.89. The molecule has 0 amide bonds.